The van der Waals surface area contributed by atoms with Crippen molar-refractivity contribution in [1.82, 2.24) is 25.2 Å². The molecule has 7 heteroatoms. The maximum atomic E-state index is 12.6. The molecule has 1 aromatic heterocycles. The van der Waals surface area contributed by atoms with Crippen LogP contribution in [0.4, 0.5) is 0 Å². The zero-order valence-corrected chi connectivity index (χ0v) is 14.8. The minimum Gasteiger partial charge on any atom is -0.382 e. The molecule has 1 fully saturated rings. The van der Waals surface area contributed by atoms with Crippen LogP contribution in [0.3, 0.4) is 0 Å². The fourth-order valence-electron chi connectivity index (χ4n) is 3.34. The Bertz CT molecular complexity index is 718. The van der Waals surface area contributed by atoms with Gasteiger partial charge in [-0.05, 0) is 37.4 Å². The predicted molar refractivity (Wildman–Crippen MR) is 93.6 cm³/mol. The summed E-state index contributed by atoms with van der Waals surface area (Å²) in [6, 6.07) is 8.09. The number of benzene rings is 1. The third-order valence-corrected chi connectivity index (χ3v) is 4.90. The molecule has 2 aromatic rings. The molecule has 1 aliphatic rings. The summed E-state index contributed by atoms with van der Waals surface area (Å²) in [4.78, 5) is 16.3. The summed E-state index contributed by atoms with van der Waals surface area (Å²) in [6.45, 7) is 4.12. The number of carbonyl (C=O) groups is 1. The fraction of sp³-hybridized carbons (Fsp3) is 0.500. The predicted octanol–water partition coefficient (Wildman–Crippen LogP) is 1.06. The van der Waals surface area contributed by atoms with Crippen LogP contribution in [0.2, 0.25) is 0 Å². The number of nitrogens with zero attached hydrogens (tertiary/aromatic N) is 4. The lowest BCUT2D eigenvalue weighted by molar-refractivity contribution is -0.133. The maximum absolute atomic E-state index is 12.6. The second kappa shape index (κ2) is 7.33. The molecule has 1 amide bonds. The Kier molecular flexibility index (Phi) is 5.15. The minimum absolute atomic E-state index is 0.0488. The number of likely N-dealkylation sites (tertiary alicyclic amines) is 1. The van der Waals surface area contributed by atoms with Crippen LogP contribution >= 0.6 is 0 Å². The maximum Gasteiger partial charge on any atom is 0.236 e. The smallest absolute Gasteiger partial charge is 0.236 e. The average molecular weight is 343 g/mol. The van der Waals surface area contributed by atoms with Crippen molar-refractivity contribution in [2.45, 2.75) is 31.9 Å². The van der Waals surface area contributed by atoms with Gasteiger partial charge in [0.1, 0.15) is 11.3 Å². The molecule has 0 aliphatic carbocycles. The van der Waals surface area contributed by atoms with E-state index in [0.717, 1.165) is 18.5 Å². The lowest BCUT2D eigenvalue weighted by Gasteiger charge is -2.38. The second-order valence-corrected chi connectivity index (χ2v) is 6.88. The van der Waals surface area contributed by atoms with E-state index in [0.29, 0.717) is 31.7 Å². The van der Waals surface area contributed by atoms with Crippen LogP contribution in [0.5, 0.6) is 0 Å². The van der Waals surface area contributed by atoms with E-state index in [4.69, 9.17) is 0 Å². The molecule has 2 N–H and O–H groups in total. The summed E-state index contributed by atoms with van der Waals surface area (Å²) >= 11 is 0. The van der Waals surface area contributed by atoms with Crippen molar-refractivity contribution in [2.75, 3.05) is 26.7 Å². The summed E-state index contributed by atoms with van der Waals surface area (Å²) < 4.78 is 0. The van der Waals surface area contributed by atoms with Gasteiger partial charge < -0.3 is 10.0 Å². The molecule has 0 saturated carbocycles. The molecule has 1 atom stereocenters. The third-order valence-electron chi connectivity index (χ3n) is 4.90. The van der Waals surface area contributed by atoms with Gasteiger partial charge in [-0.3, -0.25) is 9.69 Å². The Balaban J connectivity index is 1.59. The minimum atomic E-state index is -1.04. The molecule has 1 unspecified atom stereocenters. The van der Waals surface area contributed by atoms with Crippen LogP contribution in [0.25, 0.3) is 0 Å². The van der Waals surface area contributed by atoms with Gasteiger partial charge in [0.15, 0.2) is 0 Å². The number of hydrogen-bond acceptors (Lipinski definition) is 5. The highest BCUT2D eigenvalue weighted by Gasteiger charge is 2.37. The van der Waals surface area contributed by atoms with E-state index in [1.807, 2.05) is 30.1 Å². The molecule has 0 radical (unpaired) electrons. The normalized spacial score (nSPS) is 21.2. The van der Waals surface area contributed by atoms with E-state index in [9.17, 15) is 9.90 Å². The highest BCUT2D eigenvalue weighted by Crippen LogP contribution is 2.29. The first-order chi connectivity index (χ1) is 12.0. The molecular formula is C18H25N5O2. The number of aromatic nitrogens is 3. The highest BCUT2D eigenvalue weighted by molar-refractivity contribution is 5.78. The van der Waals surface area contributed by atoms with E-state index in [1.54, 1.807) is 11.1 Å². The van der Waals surface area contributed by atoms with Gasteiger partial charge in [0.2, 0.25) is 5.91 Å². The molecule has 0 bridgehead atoms. The van der Waals surface area contributed by atoms with Gasteiger partial charge >= 0.3 is 0 Å². The number of rotatable bonds is 5. The van der Waals surface area contributed by atoms with Gasteiger partial charge in [-0.1, -0.05) is 24.3 Å². The first-order valence-corrected chi connectivity index (χ1v) is 8.57. The molecule has 25 heavy (non-hydrogen) atoms. The van der Waals surface area contributed by atoms with E-state index in [-0.39, 0.29) is 5.91 Å². The van der Waals surface area contributed by atoms with Crippen LogP contribution in [0.15, 0.2) is 30.5 Å². The molecular weight excluding hydrogens is 318 g/mol. The highest BCUT2D eigenvalue weighted by atomic mass is 16.3. The number of aryl methyl sites for hydroxylation is 1. The topological polar surface area (TPSA) is 85.4 Å². The van der Waals surface area contributed by atoms with Gasteiger partial charge in [-0.2, -0.15) is 15.4 Å². The summed E-state index contributed by atoms with van der Waals surface area (Å²) in [7, 11) is 1.82. The van der Waals surface area contributed by atoms with Crippen LogP contribution in [-0.2, 0) is 16.9 Å². The molecule has 1 aromatic carbocycles. The van der Waals surface area contributed by atoms with E-state index in [1.165, 1.54) is 5.56 Å². The molecule has 134 valence electrons. The standard InChI is InChI=1S/C18H25N5O2/c1-14-6-3-4-7-15(14)11-22(2)17(24)12-23-9-5-8-18(25,13-23)16-10-19-21-20-16/h3-4,6-7,10,25H,5,8-9,11-13H2,1-2H3,(H,19,20,21). The zero-order chi connectivity index (χ0) is 17.9. The Labute approximate surface area is 147 Å². The van der Waals surface area contributed by atoms with Crippen molar-refractivity contribution in [3.63, 3.8) is 0 Å². The summed E-state index contributed by atoms with van der Waals surface area (Å²) in [5.74, 6) is 0.0488. The van der Waals surface area contributed by atoms with E-state index >= 15 is 0 Å². The van der Waals surface area contributed by atoms with Gasteiger partial charge in [0.25, 0.3) is 0 Å². The van der Waals surface area contributed by atoms with Crippen molar-refractivity contribution in [1.29, 1.82) is 0 Å². The van der Waals surface area contributed by atoms with Gasteiger partial charge in [-0.25, -0.2) is 0 Å². The first-order valence-electron chi connectivity index (χ1n) is 8.57. The molecule has 7 nitrogen and oxygen atoms in total. The monoisotopic (exact) mass is 343 g/mol. The van der Waals surface area contributed by atoms with Gasteiger partial charge in [0.05, 0.1) is 12.7 Å². The van der Waals surface area contributed by atoms with Crippen LogP contribution in [0, 0.1) is 6.92 Å². The average Bonchev–Trinajstić information content (AvgIpc) is 3.12. The van der Waals surface area contributed by atoms with Crippen molar-refractivity contribution < 1.29 is 9.90 Å². The van der Waals surface area contributed by atoms with Crippen LogP contribution < -0.4 is 0 Å². The van der Waals surface area contributed by atoms with E-state index < -0.39 is 5.60 Å². The molecule has 2 heterocycles. The van der Waals surface area contributed by atoms with Gasteiger partial charge in [-0.15, -0.1) is 0 Å². The van der Waals surface area contributed by atoms with Crippen molar-refractivity contribution in [3.8, 4) is 0 Å². The Morgan fingerprint density at radius 1 is 1.44 bits per heavy atom. The number of aromatic amines is 1. The van der Waals surface area contributed by atoms with Crippen molar-refractivity contribution in [2.24, 2.45) is 0 Å². The SMILES string of the molecule is Cc1ccccc1CN(C)C(=O)CN1CCCC(O)(c2cn[nH]n2)C1. The molecule has 1 saturated heterocycles. The van der Waals surface area contributed by atoms with Gasteiger partial charge in [0, 0.05) is 20.1 Å². The zero-order valence-electron chi connectivity index (χ0n) is 14.8. The summed E-state index contributed by atoms with van der Waals surface area (Å²) in [6.07, 6.45) is 3.00. The van der Waals surface area contributed by atoms with Crippen molar-refractivity contribution >= 4 is 5.91 Å². The molecule has 3 rings (SSSR count). The Morgan fingerprint density at radius 3 is 2.96 bits per heavy atom. The molecule has 0 spiro atoms. The summed E-state index contributed by atoms with van der Waals surface area (Å²) in [5.41, 5.74) is 1.83. The Hall–Kier alpha value is -2.25. The number of nitrogens with one attached hydrogen (secondary N) is 1. The molecule has 1 aliphatic heterocycles. The Morgan fingerprint density at radius 2 is 2.24 bits per heavy atom. The number of H-pyrrole nitrogens is 1. The number of aliphatic hydroxyl groups is 1. The van der Waals surface area contributed by atoms with E-state index in [2.05, 4.69) is 28.4 Å². The number of β-amino-alcohol motifs (C(OH)–C–C–N with tert-alkyl or cyclic N) is 1. The largest absolute Gasteiger partial charge is 0.382 e. The lowest BCUT2D eigenvalue weighted by Crippen LogP contribution is -2.49. The lowest BCUT2D eigenvalue weighted by atomic mass is 9.90. The number of likely N-dealkylation sites (N-methyl/N-ethyl adjacent to an activating group) is 1. The second-order valence-electron chi connectivity index (χ2n) is 6.88. The van der Waals surface area contributed by atoms with Crippen LogP contribution in [-0.4, -0.2) is 62.9 Å². The summed E-state index contributed by atoms with van der Waals surface area (Å²) in [5, 5.41) is 21.2. The number of hydrogen-bond donors (Lipinski definition) is 2. The number of piperidine rings is 1. The van der Waals surface area contributed by atoms with Crippen LogP contribution in [0.1, 0.15) is 29.7 Å². The number of amides is 1. The number of carbonyl (C=O) groups excluding carboxylic acids is 1. The quantitative estimate of drug-likeness (QED) is 0.848. The first kappa shape index (κ1) is 17.6. The fourth-order valence-corrected chi connectivity index (χ4v) is 3.34. The third kappa shape index (κ3) is 4.05. The van der Waals surface area contributed by atoms with Crippen molar-refractivity contribution in [3.05, 3.63) is 47.3 Å².